The predicted molar refractivity (Wildman–Crippen MR) is 95.2 cm³/mol. The maximum absolute atomic E-state index is 12.5. The quantitative estimate of drug-likeness (QED) is 0.883. The summed E-state index contributed by atoms with van der Waals surface area (Å²) in [5, 5.41) is 12.6. The van der Waals surface area contributed by atoms with Crippen LogP contribution in [-0.4, -0.2) is 59.1 Å². The smallest absolute Gasteiger partial charge is 0.319 e. The van der Waals surface area contributed by atoms with Crippen molar-refractivity contribution in [2.24, 2.45) is 5.92 Å². The van der Waals surface area contributed by atoms with Crippen molar-refractivity contribution >= 4 is 28.4 Å². The Morgan fingerprint density at radius 1 is 1.42 bits per heavy atom. The topological polar surface area (TPSA) is 78.4 Å². The van der Waals surface area contributed by atoms with Gasteiger partial charge in [0.25, 0.3) is 0 Å². The van der Waals surface area contributed by atoms with Gasteiger partial charge in [-0.15, -0.1) is 10.2 Å². The summed E-state index contributed by atoms with van der Waals surface area (Å²) in [6, 6.07) is -0.0425. The molecule has 8 heteroatoms. The van der Waals surface area contributed by atoms with Crippen molar-refractivity contribution in [1.29, 1.82) is 0 Å². The normalized spacial score (nSPS) is 19.0. The number of hydrogen-bond acceptors (Lipinski definition) is 5. The number of piperidine rings is 1. The Morgan fingerprint density at radius 3 is 2.83 bits per heavy atom. The monoisotopic (exact) mass is 353 g/mol. The maximum atomic E-state index is 12.5. The standard InChI is InChI=1S/C16H27N5O2S/c1-5-7-11(2)14-18-19-15(24-14)17-13(22)12-8-6-9-21(10-12)16(23)20(3)4/h11-12H,5-10H2,1-4H3,(H,17,19,22)/t11-,12-/m0/s1. The fraction of sp³-hybridized carbons (Fsp3) is 0.750. The van der Waals surface area contributed by atoms with Crippen LogP contribution in [0.5, 0.6) is 0 Å². The highest BCUT2D eigenvalue weighted by atomic mass is 32.1. The summed E-state index contributed by atoms with van der Waals surface area (Å²) in [6.45, 7) is 5.44. The summed E-state index contributed by atoms with van der Waals surface area (Å²) >= 11 is 1.44. The zero-order valence-electron chi connectivity index (χ0n) is 14.9. The fourth-order valence-corrected chi connectivity index (χ4v) is 3.73. The number of likely N-dealkylation sites (tertiary alicyclic amines) is 1. The van der Waals surface area contributed by atoms with Crippen LogP contribution in [0.3, 0.4) is 0 Å². The molecule has 2 heterocycles. The van der Waals surface area contributed by atoms with Crippen LogP contribution in [0, 0.1) is 5.92 Å². The van der Waals surface area contributed by atoms with Crippen LogP contribution in [0.1, 0.15) is 50.5 Å². The number of rotatable bonds is 5. The van der Waals surface area contributed by atoms with Crippen LogP contribution in [0.15, 0.2) is 0 Å². The first-order valence-electron chi connectivity index (χ1n) is 8.52. The molecule has 7 nitrogen and oxygen atoms in total. The van der Waals surface area contributed by atoms with E-state index >= 15 is 0 Å². The molecule has 0 unspecified atom stereocenters. The highest BCUT2D eigenvalue weighted by molar-refractivity contribution is 7.15. The van der Waals surface area contributed by atoms with Crippen LogP contribution in [-0.2, 0) is 4.79 Å². The van der Waals surface area contributed by atoms with Crippen LogP contribution >= 0.6 is 11.3 Å². The number of anilines is 1. The van der Waals surface area contributed by atoms with E-state index in [1.54, 1.807) is 23.9 Å². The van der Waals surface area contributed by atoms with Gasteiger partial charge in [-0.05, 0) is 19.3 Å². The van der Waals surface area contributed by atoms with E-state index in [1.165, 1.54) is 11.3 Å². The van der Waals surface area contributed by atoms with Crippen molar-refractivity contribution < 1.29 is 9.59 Å². The molecule has 3 amide bonds. The van der Waals surface area contributed by atoms with Gasteiger partial charge in [-0.2, -0.15) is 0 Å². The SMILES string of the molecule is CCC[C@H](C)c1nnc(NC(=O)[C@H]2CCCN(C(=O)N(C)C)C2)s1. The van der Waals surface area contributed by atoms with Crippen molar-refractivity contribution in [2.45, 2.75) is 45.4 Å². The first kappa shape index (κ1) is 18.6. The maximum Gasteiger partial charge on any atom is 0.319 e. The Morgan fingerprint density at radius 2 is 2.17 bits per heavy atom. The van der Waals surface area contributed by atoms with Gasteiger partial charge in [0.05, 0.1) is 5.92 Å². The summed E-state index contributed by atoms with van der Waals surface area (Å²) in [4.78, 5) is 27.8. The van der Waals surface area contributed by atoms with Gasteiger partial charge in [0.15, 0.2) is 0 Å². The van der Waals surface area contributed by atoms with Gasteiger partial charge in [0.1, 0.15) is 5.01 Å². The Hall–Kier alpha value is -1.70. The zero-order valence-corrected chi connectivity index (χ0v) is 15.7. The molecule has 1 aliphatic heterocycles. The second-order valence-electron chi connectivity index (χ2n) is 6.59. The van der Waals surface area contributed by atoms with E-state index in [9.17, 15) is 9.59 Å². The van der Waals surface area contributed by atoms with Crippen molar-refractivity contribution in [1.82, 2.24) is 20.0 Å². The Labute approximate surface area is 147 Å². The number of hydrogen-bond donors (Lipinski definition) is 1. The molecule has 2 rings (SSSR count). The number of nitrogens with one attached hydrogen (secondary N) is 1. The van der Waals surface area contributed by atoms with Crippen LogP contribution in [0.2, 0.25) is 0 Å². The van der Waals surface area contributed by atoms with Gasteiger partial charge in [-0.25, -0.2) is 4.79 Å². The largest absolute Gasteiger partial charge is 0.331 e. The average Bonchev–Trinajstić information content (AvgIpc) is 3.03. The number of urea groups is 1. The van der Waals surface area contributed by atoms with E-state index in [0.717, 1.165) is 30.7 Å². The lowest BCUT2D eigenvalue weighted by Crippen LogP contribution is -2.47. The van der Waals surface area contributed by atoms with Crippen molar-refractivity contribution in [3.8, 4) is 0 Å². The molecule has 1 N–H and O–H groups in total. The van der Waals surface area contributed by atoms with Gasteiger partial charge in [0.2, 0.25) is 11.0 Å². The van der Waals surface area contributed by atoms with Crippen LogP contribution in [0.25, 0.3) is 0 Å². The van der Waals surface area contributed by atoms with Gasteiger partial charge in [-0.3, -0.25) is 4.79 Å². The molecule has 1 aliphatic rings. The van der Waals surface area contributed by atoms with Crippen LogP contribution < -0.4 is 5.32 Å². The fourth-order valence-electron chi connectivity index (χ4n) is 2.90. The zero-order chi connectivity index (χ0) is 17.7. The number of carbonyl (C=O) groups excluding carboxylic acids is 2. The number of amides is 3. The highest BCUT2D eigenvalue weighted by Gasteiger charge is 2.29. The molecule has 0 aromatic carbocycles. The minimum atomic E-state index is -0.192. The number of carbonyl (C=O) groups is 2. The average molecular weight is 353 g/mol. The van der Waals surface area contributed by atoms with Gasteiger partial charge >= 0.3 is 6.03 Å². The third kappa shape index (κ3) is 4.66. The minimum Gasteiger partial charge on any atom is -0.331 e. The Bertz CT molecular complexity index is 575. The second kappa shape index (κ2) is 8.41. The van der Waals surface area contributed by atoms with Gasteiger partial charge in [-0.1, -0.05) is 31.6 Å². The van der Waals surface area contributed by atoms with E-state index in [0.29, 0.717) is 24.1 Å². The molecule has 24 heavy (non-hydrogen) atoms. The van der Waals surface area contributed by atoms with E-state index in [4.69, 9.17) is 0 Å². The van der Waals surface area contributed by atoms with Crippen molar-refractivity contribution in [3.63, 3.8) is 0 Å². The second-order valence-corrected chi connectivity index (χ2v) is 7.60. The lowest BCUT2D eigenvalue weighted by molar-refractivity contribution is -0.121. The van der Waals surface area contributed by atoms with E-state index < -0.39 is 0 Å². The van der Waals surface area contributed by atoms with E-state index in [-0.39, 0.29) is 17.9 Å². The third-order valence-electron chi connectivity index (χ3n) is 4.26. The third-order valence-corrected chi connectivity index (χ3v) is 5.33. The molecule has 0 radical (unpaired) electrons. The lowest BCUT2D eigenvalue weighted by atomic mass is 9.97. The molecule has 0 saturated carbocycles. The highest BCUT2D eigenvalue weighted by Crippen LogP contribution is 2.27. The molecule has 2 atom stereocenters. The summed E-state index contributed by atoms with van der Waals surface area (Å²) in [5.41, 5.74) is 0. The lowest BCUT2D eigenvalue weighted by Gasteiger charge is -2.33. The molecular formula is C16H27N5O2S. The molecule has 0 bridgehead atoms. The molecule has 1 aromatic heterocycles. The summed E-state index contributed by atoms with van der Waals surface area (Å²) in [6.07, 6.45) is 3.79. The molecule has 0 spiro atoms. The molecule has 1 fully saturated rings. The first-order valence-corrected chi connectivity index (χ1v) is 9.34. The molecule has 1 aromatic rings. The summed E-state index contributed by atoms with van der Waals surface area (Å²) in [7, 11) is 3.46. The number of aromatic nitrogens is 2. The van der Waals surface area contributed by atoms with Gasteiger partial charge < -0.3 is 15.1 Å². The first-order chi connectivity index (χ1) is 11.4. The van der Waals surface area contributed by atoms with E-state index in [1.807, 2.05) is 0 Å². The molecule has 0 aliphatic carbocycles. The van der Waals surface area contributed by atoms with Crippen molar-refractivity contribution in [2.75, 3.05) is 32.5 Å². The minimum absolute atomic E-state index is 0.0425. The Kier molecular flexibility index (Phi) is 6.53. The Balaban J connectivity index is 1.93. The number of nitrogens with zero attached hydrogens (tertiary/aromatic N) is 4. The predicted octanol–water partition coefficient (Wildman–Crippen LogP) is 2.77. The van der Waals surface area contributed by atoms with E-state index in [2.05, 4.69) is 29.4 Å². The molecule has 1 saturated heterocycles. The van der Waals surface area contributed by atoms with Crippen LogP contribution in [0.4, 0.5) is 9.93 Å². The molecule has 134 valence electrons. The van der Waals surface area contributed by atoms with Crippen molar-refractivity contribution in [3.05, 3.63) is 5.01 Å². The summed E-state index contributed by atoms with van der Waals surface area (Å²) in [5.74, 6) is 0.0983. The van der Waals surface area contributed by atoms with Gasteiger partial charge in [0, 0.05) is 33.1 Å². The molecular weight excluding hydrogens is 326 g/mol. The summed E-state index contributed by atoms with van der Waals surface area (Å²) < 4.78 is 0.